The van der Waals surface area contributed by atoms with E-state index < -0.39 is 17.9 Å². The van der Waals surface area contributed by atoms with Gasteiger partial charge in [-0.2, -0.15) is 0 Å². The zero-order valence-corrected chi connectivity index (χ0v) is 39.2. The number of ether oxygens (including phenoxy) is 9. The molecule has 16 heteroatoms. The lowest BCUT2D eigenvalue weighted by Gasteiger charge is -2.22. The number of hydrogen-bond acceptors (Lipinski definition) is 14. The van der Waals surface area contributed by atoms with Crippen LogP contribution in [0.4, 0.5) is 11.4 Å². The van der Waals surface area contributed by atoms with Gasteiger partial charge in [-0.05, 0) is 92.1 Å². The largest absolute Gasteiger partial charge is 0.494 e. The van der Waals surface area contributed by atoms with Crippen molar-refractivity contribution in [2.45, 2.75) is 59.3 Å². The molecule has 0 unspecified atom stereocenters. The molecule has 0 spiro atoms. The van der Waals surface area contributed by atoms with E-state index in [0.717, 1.165) is 38.5 Å². The van der Waals surface area contributed by atoms with Crippen molar-refractivity contribution < 1.29 is 57.0 Å². The molecule has 6 aromatic rings. The predicted molar refractivity (Wildman–Crippen MR) is 253 cm³/mol. The van der Waals surface area contributed by atoms with Gasteiger partial charge >= 0.3 is 17.9 Å². The van der Waals surface area contributed by atoms with Crippen LogP contribution < -0.4 is 53.3 Å². The number of carbonyl (C=O) groups excluding carboxylic acids is 3. The first-order valence-corrected chi connectivity index (χ1v) is 22.9. The Bertz CT molecular complexity index is 2980. The van der Waals surface area contributed by atoms with Gasteiger partial charge in [-0.3, -0.25) is 0 Å². The number of esters is 3. The van der Waals surface area contributed by atoms with Gasteiger partial charge in [0, 0.05) is 24.3 Å². The fraction of sp³-hybridized carbons (Fsp3) is 0.250. The third kappa shape index (κ3) is 10.6. The van der Waals surface area contributed by atoms with E-state index in [9.17, 15) is 14.4 Å². The average molecular weight is 962 g/mol. The molecule has 0 aliphatic carbocycles. The molecule has 0 saturated carbocycles. The molecule has 68 heavy (non-hydrogen) atoms. The van der Waals surface area contributed by atoms with Gasteiger partial charge in [-0.15, -0.1) is 0 Å². The topological polar surface area (TPSA) is 159 Å². The molecule has 6 aromatic carbocycles. The highest BCUT2D eigenvalue weighted by Crippen LogP contribution is 2.48. The van der Waals surface area contributed by atoms with Crippen LogP contribution in [0.2, 0.25) is 10.0 Å². The number of rotatable bonds is 19. The van der Waals surface area contributed by atoms with Gasteiger partial charge in [0.1, 0.15) is 49.4 Å². The molecule has 350 valence electrons. The molecular weight excluding hydrogens is 915 g/mol. The number of halogens is 2. The predicted octanol–water partition coefficient (Wildman–Crippen LogP) is 12.3. The van der Waals surface area contributed by atoms with Crippen molar-refractivity contribution in [2.24, 2.45) is 9.98 Å². The average Bonchev–Trinajstić information content (AvgIpc) is 3.35. The second-order valence-electron chi connectivity index (χ2n) is 15.5. The van der Waals surface area contributed by atoms with Crippen LogP contribution in [-0.2, 0) is 0 Å². The van der Waals surface area contributed by atoms with Crippen molar-refractivity contribution in [3.8, 4) is 63.2 Å². The van der Waals surface area contributed by atoms with Crippen LogP contribution in [0.1, 0.15) is 90.4 Å². The molecule has 0 N–H and O–H groups in total. The summed E-state index contributed by atoms with van der Waals surface area (Å²) in [7, 11) is 1.42. The van der Waals surface area contributed by atoms with Gasteiger partial charge in [-0.1, -0.05) is 63.2 Å². The van der Waals surface area contributed by atoms with E-state index >= 15 is 0 Å². The van der Waals surface area contributed by atoms with Gasteiger partial charge in [-0.25, -0.2) is 24.4 Å². The summed E-state index contributed by atoms with van der Waals surface area (Å²) in [6.07, 6.45) is 5.64. The fourth-order valence-corrected chi connectivity index (χ4v) is 7.32. The van der Waals surface area contributed by atoms with E-state index in [0.29, 0.717) is 37.1 Å². The Morgan fingerprint density at radius 1 is 0.485 bits per heavy atom. The Balaban J connectivity index is 1.11. The first-order valence-electron chi connectivity index (χ1n) is 22.2. The molecule has 0 aromatic heterocycles. The van der Waals surface area contributed by atoms with E-state index in [1.54, 1.807) is 72.8 Å². The van der Waals surface area contributed by atoms with E-state index in [1.165, 1.54) is 31.4 Å². The maximum Gasteiger partial charge on any atom is 0.343 e. The van der Waals surface area contributed by atoms with Crippen molar-refractivity contribution >= 4 is 52.5 Å². The summed E-state index contributed by atoms with van der Waals surface area (Å²) in [5.41, 5.74) is 1.11. The van der Waals surface area contributed by atoms with Gasteiger partial charge in [0.2, 0.25) is 0 Å². The maximum absolute atomic E-state index is 13.6. The van der Waals surface area contributed by atoms with Crippen LogP contribution in [0.15, 0.2) is 107 Å². The summed E-state index contributed by atoms with van der Waals surface area (Å²) in [4.78, 5) is 50.0. The minimum absolute atomic E-state index is 0.00606. The number of carbonyl (C=O) groups is 3. The Kier molecular flexibility index (Phi) is 15.0. The maximum atomic E-state index is 13.6. The van der Waals surface area contributed by atoms with Gasteiger partial charge in [0.05, 0.1) is 43.6 Å². The normalized spacial score (nSPS) is 11.7. The molecule has 0 amide bonds. The molecule has 0 saturated heterocycles. The molecule has 0 fully saturated rings. The molecule has 8 rings (SSSR count). The van der Waals surface area contributed by atoms with Crippen molar-refractivity contribution in [2.75, 3.05) is 26.9 Å². The molecule has 0 radical (unpaired) electrons. The van der Waals surface area contributed by atoms with Crippen LogP contribution in [0, 0.1) is 0 Å². The summed E-state index contributed by atoms with van der Waals surface area (Å²) < 4.78 is 52.9. The second kappa shape index (κ2) is 21.6. The lowest BCUT2D eigenvalue weighted by Crippen LogP contribution is -2.22. The first kappa shape index (κ1) is 47.2. The Morgan fingerprint density at radius 3 is 1.15 bits per heavy atom. The molecular formula is C52H46Cl2N2O12. The lowest BCUT2D eigenvalue weighted by atomic mass is 10.1. The highest BCUT2D eigenvalue weighted by molar-refractivity contribution is 6.35. The Hall–Kier alpha value is -7.29. The number of unbranched alkanes of at least 4 members (excludes halogenated alkanes) is 3. The number of benzene rings is 6. The summed E-state index contributed by atoms with van der Waals surface area (Å²) in [5, 5.41) is 0.160. The third-order valence-electron chi connectivity index (χ3n) is 10.6. The molecule has 14 nitrogen and oxygen atoms in total. The Morgan fingerprint density at radius 2 is 0.809 bits per heavy atom. The van der Waals surface area contributed by atoms with Gasteiger partial charge in [0.15, 0.2) is 46.0 Å². The first-order chi connectivity index (χ1) is 33.1. The number of methoxy groups -OCH3 is 1. The lowest BCUT2D eigenvalue weighted by molar-refractivity contribution is 0.0682. The van der Waals surface area contributed by atoms with Gasteiger partial charge in [0.25, 0.3) is 0 Å². The smallest absolute Gasteiger partial charge is 0.343 e. The standard InChI is InChI=1S/C52H46Cl2N2O12/c1-5-8-23-61-33-17-11-30(12-18-33)50(57)66-41-26-36-38(28-40(41)60-4)64-48-44(53)47-49(45(54)46(48)55-36)65-39-29-43(68-52(59)32-15-21-35(22-16-32)63-25-10-7-3)42(27-37(39)56-47)67-51(58)31-13-19-34(20-14-31)62-24-9-6-2/h11-22,26-29H,5-10,23-25H2,1-4H3. The van der Waals surface area contributed by atoms with Crippen molar-refractivity contribution in [1.29, 1.82) is 0 Å². The molecule has 0 bridgehead atoms. The molecule has 2 aliphatic rings. The van der Waals surface area contributed by atoms with E-state index in [2.05, 4.69) is 20.8 Å². The summed E-state index contributed by atoms with van der Waals surface area (Å²) >= 11 is 14.0. The van der Waals surface area contributed by atoms with Gasteiger partial charge < -0.3 is 42.6 Å². The van der Waals surface area contributed by atoms with Crippen molar-refractivity contribution in [1.82, 2.24) is 0 Å². The molecule has 0 atom stereocenters. The molecule has 2 heterocycles. The summed E-state index contributed by atoms with van der Waals surface area (Å²) in [6.45, 7) is 7.87. The quantitative estimate of drug-likeness (QED) is 0.0429. The van der Waals surface area contributed by atoms with Crippen LogP contribution in [0.25, 0.3) is 0 Å². The van der Waals surface area contributed by atoms with Crippen LogP contribution in [-0.4, -0.2) is 44.8 Å². The zero-order valence-electron chi connectivity index (χ0n) is 37.7. The van der Waals surface area contributed by atoms with E-state index in [4.69, 9.17) is 75.8 Å². The highest BCUT2D eigenvalue weighted by atomic mass is 35.5. The van der Waals surface area contributed by atoms with Crippen LogP contribution in [0.3, 0.4) is 0 Å². The van der Waals surface area contributed by atoms with Crippen molar-refractivity contribution in [3.05, 3.63) is 135 Å². The second-order valence-corrected chi connectivity index (χ2v) is 16.3. The highest BCUT2D eigenvalue weighted by Gasteiger charge is 2.30. The van der Waals surface area contributed by atoms with Crippen LogP contribution >= 0.6 is 23.2 Å². The summed E-state index contributed by atoms with van der Waals surface area (Å²) in [5.74, 6) is 0.0464. The van der Waals surface area contributed by atoms with Crippen molar-refractivity contribution in [3.63, 3.8) is 0 Å². The van der Waals surface area contributed by atoms with Crippen LogP contribution in [0.5, 0.6) is 63.2 Å². The molecule has 2 aliphatic heterocycles. The van der Waals surface area contributed by atoms with E-state index in [1.807, 2.05) is 0 Å². The number of fused-ring (bicyclic) bond motifs is 4. The minimum Gasteiger partial charge on any atom is -0.494 e. The van der Waals surface area contributed by atoms with E-state index in [-0.39, 0.29) is 94.8 Å². The fourth-order valence-electron chi connectivity index (χ4n) is 6.81. The monoisotopic (exact) mass is 960 g/mol. The minimum atomic E-state index is -0.749. The zero-order chi connectivity index (χ0) is 47.7. The third-order valence-corrected chi connectivity index (χ3v) is 11.3. The SMILES string of the molecule is CCCCOc1ccc(C(=O)Oc2cc3c(cc2OC)Oc2c(Cl)c4c(c(Cl)c2=N3)Oc2cc(OC(=O)c3ccc(OCCCC)cc3)c(OC(=O)c3ccc(OCCCC)cc3)cc2N=4)cc1. The summed E-state index contributed by atoms with van der Waals surface area (Å²) in [6, 6.07) is 25.3. The number of hydrogen-bond donors (Lipinski definition) is 0. The Labute approximate surface area is 401 Å². The number of nitrogens with zero attached hydrogens (tertiary/aromatic N) is 2.